The summed E-state index contributed by atoms with van der Waals surface area (Å²) in [5.41, 5.74) is 1.17. The third-order valence-electron chi connectivity index (χ3n) is 4.42. The summed E-state index contributed by atoms with van der Waals surface area (Å²) in [4.78, 5) is 12.4. The summed E-state index contributed by atoms with van der Waals surface area (Å²) in [5, 5.41) is 12.1. The number of amides is 1. The van der Waals surface area contributed by atoms with Gasteiger partial charge in [-0.25, -0.2) is 8.78 Å². The number of carbonyl (C=O) groups excluding carboxylic acids is 1. The second-order valence-corrected chi connectivity index (χ2v) is 6.10. The highest BCUT2D eigenvalue weighted by Crippen LogP contribution is 2.48. The molecule has 0 aliphatic heterocycles. The molecule has 5 heteroatoms. The van der Waals surface area contributed by atoms with E-state index in [1.807, 2.05) is 30.3 Å². The second kappa shape index (κ2) is 7.09. The predicted molar refractivity (Wildman–Crippen MR) is 86.2 cm³/mol. The zero-order valence-electron chi connectivity index (χ0n) is 13.1. The summed E-state index contributed by atoms with van der Waals surface area (Å²) in [6.45, 7) is -0.0491. The van der Waals surface area contributed by atoms with Crippen LogP contribution in [-0.2, 0) is 4.79 Å². The quantitative estimate of drug-likeness (QED) is 0.853. The maximum atomic E-state index is 13.8. The zero-order valence-corrected chi connectivity index (χ0v) is 13.1. The van der Waals surface area contributed by atoms with Crippen LogP contribution in [0.1, 0.15) is 35.9 Å². The Balaban J connectivity index is 1.68. The van der Waals surface area contributed by atoms with Crippen molar-refractivity contribution in [2.24, 2.45) is 5.92 Å². The largest absolute Gasteiger partial charge is 0.396 e. The van der Waals surface area contributed by atoms with Gasteiger partial charge in [0.2, 0.25) is 5.91 Å². The molecule has 3 nitrogen and oxygen atoms in total. The van der Waals surface area contributed by atoms with E-state index in [-0.39, 0.29) is 36.0 Å². The summed E-state index contributed by atoms with van der Waals surface area (Å²) >= 11 is 0. The van der Waals surface area contributed by atoms with Crippen molar-refractivity contribution < 1.29 is 18.7 Å². The standard InChI is InChI=1S/C19H19F2NO2/c20-13-6-7-17(21)15(10-13)14-11-16(14)19(24)22-18(8-9-23)12-4-2-1-3-5-12/h1-7,10,14,16,18,23H,8-9,11H2,(H,22,24). The van der Waals surface area contributed by atoms with Gasteiger partial charge in [-0.15, -0.1) is 0 Å². The van der Waals surface area contributed by atoms with Gasteiger partial charge >= 0.3 is 0 Å². The number of hydrogen-bond acceptors (Lipinski definition) is 2. The van der Waals surface area contributed by atoms with E-state index in [2.05, 4.69) is 5.32 Å². The molecular formula is C19H19F2NO2. The summed E-state index contributed by atoms with van der Waals surface area (Å²) in [7, 11) is 0. The first kappa shape index (κ1) is 16.6. The van der Waals surface area contributed by atoms with Crippen molar-refractivity contribution >= 4 is 5.91 Å². The molecule has 0 bridgehead atoms. The van der Waals surface area contributed by atoms with Gasteiger partial charge in [0.1, 0.15) is 11.6 Å². The highest BCUT2D eigenvalue weighted by molar-refractivity contribution is 5.83. The number of rotatable bonds is 6. The number of nitrogens with one attached hydrogen (secondary N) is 1. The normalized spacial score (nSPS) is 20.5. The lowest BCUT2D eigenvalue weighted by molar-refractivity contribution is -0.123. The van der Waals surface area contributed by atoms with Crippen molar-refractivity contribution in [3.05, 3.63) is 71.3 Å². The van der Waals surface area contributed by atoms with Crippen molar-refractivity contribution in [1.29, 1.82) is 0 Å². The Morgan fingerprint density at radius 1 is 1.21 bits per heavy atom. The summed E-state index contributed by atoms with van der Waals surface area (Å²) in [6.07, 6.45) is 0.911. The third kappa shape index (κ3) is 3.62. The van der Waals surface area contributed by atoms with E-state index >= 15 is 0 Å². The molecule has 126 valence electrons. The lowest BCUT2D eigenvalue weighted by Crippen LogP contribution is -2.30. The molecule has 24 heavy (non-hydrogen) atoms. The minimum Gasteiger partial charge on any atom is -0.396 e. The number of carbonyl (C=O) groups is 1. The van der Waals surface area contributed by atoms with Crippen LogP contribution in [0.25, 0.3) is 0 Å². The van der Waals surface area contributed by atoms with E-state index in [0.717, 1.165) is 23.8 Å². The Morgan fingerprint density at radius 2 is 1.96 bits per heavy atom. The topological polar surface area (TPSA) is 49.3 Å². The zero-order chi connectivity index (χ0) is 17.1. The molecule has 2 aromatic rings. The maximum Gasteiger partial charge on any atom is 0.224 e. The van der Waals surface area contributed by atoms with Crippen molar-refractivity contribution in [2.75, 3.05) is 6.61 Å². The first-order valence-corrected chi connectivity index (χ1v) is 8.01. The first-order chi connectivity index (χ1) is 11.6. The van der Waals surface area contributed by atoms with Crippen LogP contribution >= 0.6 is 0 Å². The fraction of sp³-hybridized carbons (Fsp3) is 0.316. The van der Waals surface area contributed by atoms with Gasteiger partial charge in [-0.2, -0.15) is 0 Å². The maximum absolute atomic E-state index is 13.8. The number of aliphatic hydroxyl groups excluding tert-OH is 1. The molecule has 3 rings (SSSR count). The van der Waals surface area contributed by atoms with Gasteiger partial charge < -0.3 is 10.4 Å². The van der Waals surface area contributed by atoms with Gasteiger partial charge in [0.05, 0.1) is 6.04 Å². The average molecular weight is 331 g/mol. The van der Waals surface area contributed by atoms with Crippen molar-refractivity contribution in [1.82, 2.24) is 5.32 Å². The minimum atomic E-state index is -0.500. The molecule has 1 fully saturated rings. The van der Waals surface area contributed by atoms with E-state index in [9.17, 15) is 18.7 Å². The highest BCUT2D eigenvalue weighted by atomic mass is 19.1. The van der Waals surface area contributed by atoms with Crippen LogP contribution in [0.3, 0.4) is 0 Å². The molecule has 3 atom stereocenters. The SMILES string of the molecule is O=C(NC(CCO)c1ccccc1)C1CC1c1cc(F)ccc1F. The van der Waals surface area contributed by atoms with Crippen LogP contribution < -0.4 is 5.32 Å². The minimum absolute atomic E-state index is 0.0491. The lowest BCUT2D eigenvalue weighted by Gasteiger charge is -2.18. The van der Waals surface area contributed by atoms with E-state index in [1.165, 1.54) is 0 Å². The summed E-state index contributed by atoms with van der Waals surface area (Å²) in [5.74, 6) is -1.81. The van der Waals surface area contributed by atoms with Crippen LogP contribution in [0.5, 0.6) is 0 Å². The molecular weight excluding hydrogens is 312 g/mol. The van der Waals surface area contributed by atoms with Gasteiger partial charge in [0.15, 0.2) is 0 Å². The fourth-order valence-electron chi connectivity index (χ4n) is 3.04. The van der Waals surface area contributed by atoms with Crippen molar-refractivity contribution in [3.63, 3.8) is 0 Å². The molecule has 1 aliphatic rings. The Morgan fingerprint density at radius 3 is 2.67 bits per heavy atom. The number of aliphatic hydroxyl groups is 1. The van der Waals surface area contributed by atoms with Gasteiger partial charge in [-0.05, 0) is 48.1 Å². The molecule has 0 radical (unpaired) electrons. The number of hydrogen-bond donors (Lipinski definition) is 2. The molecule has 1 saturated carbocycles. The molecule has 1 amide bonds. The molecule has 2 aromatic carbocycles. The van der Waals surface area contributed by atoms with Gasteiger partial charge in [-0.1, -0.05) is 30.3 Å². The number of benzene rings is 2. The summed E-state index contributed by atoms with van der Waals surface area (Å²) in [6, 6.07) is 12.4. The van der Waals surface area contributed by atoms with E-state index in [1.54, 1.807) is 0 Å². The van der Waals surface area contributed by atoms with E-state index in [0.29, 0.717) is 12.8 Å². The van der Waals surface area contributed by atoms with Crippen LogP contribution in [0.4, 0.5) is 8.78 Å². The van der Waals surface area contributed by atoms with E-state index < -0.39 is 11.6 Å². The molecule has 1 aliphatic carbocycles. The Hall–Kier alpha value is -2.27. The smallest absolute Gasteiger partial charge is 0.224 e. The van der Waals surface area contributed by atoms with Crippen molar-refractivity contribution in [3.8, 4) is 0 Å². The molecule has 0 aromatic heterocycles. The predicted octanol–water partition coefficient (Wildman–Crippen LogP) is 3.31. The molecule has 0 heterocycles. The third-order valence-corrected chi connectivity index (χ3v) is 4.42. The summed E-state index contributed by atoms with van der Waals surface area (Å²) < 4.78 is 27.1. The van der Waals surface area contributed by atoms with Gasteiger partial charge in [0, 0.05) is 12.5 Å². The van der Waals surface area contributed by atoms with Gasteiger partial charge in [0.25, 0.3) is 0 Å². The van der Waals surface area contributed by atoms with E-state index in [4.69, 9.17) is 0 Å². The fourth-order valence-corrected chi connectivity index (χ4v) is 3.04. The Labute approximate surface area is 139 Å². The number of halogens is 2. The average Bonchev–Trinajstić information content (AvgIpc) is 3.38. The van der Waals surface area contributed by atoms with Crippen LogP contribution in [0, 0.1) is 17.6 Å². The van der Waals surface area contributed by atoms with Crippen LogP contribution in [0.2, 0.25) is 0 Å². The molecule has 0 saturated heterocycles. The van der Waals surface area contributed by atoms with Gasteiger partial charge in [-0.3, -0.25) is 4.79 Å². The van der Waals surface area contributed by atoms with Crippen LogP contribution in [-0.4, -0.2) is 17.6 Å². The first-order valence-electron chi connectivity index (χ1n) is 8.01. The Bertz CT molecular complexity index is 721. The van der Waals surface area contributed by atoms with Crippen LogP contribution in [0.15, 0.2) is 48.5 Å². The second-order valence-electron chi connectivity index (χ2n) is 6.10. The molecule has 0 spiro atoms. The molecule has 2 N–H and O–H groups in total. The van der Waals surface area contributed by atoms with Crippen molar-refractivity contribution in [2.45, 2.75) is 24.8 Å². The monoisotopic (exact) mass is 331 g/mol. The Kier molecular flexibility index (Phi) is 4.90. The highest BCUT2D eigenvalue weighted by Gasteiger charge is 2.45. The lowest BCUT2D eigenvalue weighted by atomic mass is 10.0. The molecule has 3 unspecified atom stereocenters.